The van der Waals surface area contributed by atoms with E-state index >= 15 is 0 Å². The first-order valence-corrected chi connectivity index (χ1v) is 6.88. The van der Waals surface area contributed by atoms with Gasteiger partial charge < -0.3 is 10.6 Å². The minimum Gasteiger partial charge on any atom is -0.348 e. The number of hydrogen-bond donors (Lipinski definition) is 3. The van der Waals surface area contributed by atoms with Crippen molar-refractivity contribution in [1.29, 1.82) is 0 Å². The summed E-state index contributed by atoms with van der Waals surface area (Å²) < 4.78 is 0. The maximum Gasteiger partial charge on any atom is 0.342 e. The highest BCUT2D eigenvalue weighted by Gasteiger charge is 2.24. The molecule has 0 atom stereocenters. The zero-order valence-corrected chi connectivity index (χ0v) is 11.0. The van der Waals surface area contributed by atoms with E-state index in [-0.39, 0.29) is 0 Å². The SMILES string of the molecule is NCCCN(c1n[nH]c(=O)[nH]c1=O)C1CCCCC1. The summed E-state index contributed by atoms with van der Waals surface area (Å²) in [5.41, 5.74) is 4.56. The lowest BCUT2D eigenvalue weighted by Gasteiger charge is -2.34. The predicted octanol–water partition coefficient (Wildman–Crippen LogP) is -0.0539. The van der Waals surface area contributed by atoms with E-state index in [1.54, 1.807) is 0 Å². The van der Waals surface area contributed by atoms with Crippen LogP contribution < -0.4 is 21.9 Å². The zero-order chi connectivity index (χ0) is 13.7. The first kappa shape index (κ1) is 13.8. The normalized spacial score (nSPS) is 16.5. The number of aromatic nitrogens is 3. The summed E-state index contributed by atoms with van der Waals surface area (Å²) >= 11 is 0. The van der Waals surface area contributed by atoms with Gasteiger partial charge in [0.2, 0.25) is 5.82 Å². The van der Waals surface area contributed by atoms with Gasteiger partial charge in [0.05, 0.1) is 0 Å². The van der Waals surface area contributed by atoms with Gasteiger partial charge in [-0.2, -0.15) is 0 Å². The number of H-pyrrole nitrogens is 2. The fourth-order valence-corrected chi connectivity index (χ4v) is 2.65. The lowest BCUT2D eigenvalue weighted by atomic mass is 9.94. The Balaban J connectivity index is 2.24. The van der Waals surface area contributed by atoms with Gasteiger partial charge in [0.1, 0.15) is 0 Å². The van der Waals surface area contributed by atoms with E-state index in [4.69, 9.17) is 5.73 Å². The van der Waals surface area contributed by atoms with Gasteiger partial charge in [-0.1, -0.05) is 19.3 Å². The smallest absolute Gasteiger partial charge is 0.342 e. The molecule has 1 heterocycles. The minimum absolute atomic E-state index is 0.306. The van der Waals surface area contributed by atoms with Crippen molar-refractivity contribution in [3.05, 3.63) is 20.8 Å². The van der Waals surface area contributed by atoms with Crippen molar-refractivity contribution in [1.82, 2.24) is 15.2 Å². The third-order valence-electron chi connectivity index (χ3n) is 3.58. The average Bonchev–Trinajstić information content (AvgIpc) is 2.42. The van der Waals surface area contributed by atoms with Crippen molar-refractivity contribution in [3.63, 3.8) is 0 Å². The molecule has 1 aliphatic carbocycles. The molecule has 0 saturated heterocycles. The van der Waals surface area contributed by atoms with E-state index in [0.717, 1.165) is 19.3 Å². The fourth-order valence-electron chi connectivity index (χ4n) is 2.65. The first-order chi connectivity index (χ1) is 9.22. The molecular formula is C12H21N5O2. The molecule has 1 aliphatic rings. The molecule has 0 amide bonds. The summed E-state index contributed by atoms with van der Waals surface area (Å²) in [7, 11) is 0. The van der Waals surface area contributed by atoms with E-state index in [2.05, 4.69) is 15.2 Å². The highest BCUT2D eigenvalue weighted by molar-refractivity contribution is 5.35. The monoisotopic (exact) mass is 267 g/mol. The second-order valence-corrected chi connectivity index (χ2v) is 4.96. The highest BCUT2D eigenvalue weighted by Crippen LogP contribution is 2.24. The van der Waals surface area contributed by atoms with Crippen LogP contribution in [0.15, 0.2) is 9.59 Å². The highest BCUT2D eigenvalue weighted by atomic mass is 16.2. The van der Waals surface area contributed by atoms with Crippen LogP contribution in [0.2, 0.25) is 0 Å². The molecule has 19 heavy (non-hydrogen) atoms. The quantitative estimate of drug-likeness (QED) is 0.693. The number of nitrogens with zero attached hydrogens (tertiary/aromatic N) is 2. The predicted molar refractivity (Wildman–Crippen MR) is 73.4 cm³/mol. The van der Waals surface area contributed by atoms with Crippen LogP contribution in [0.3, 0.4) is 0 Å². The van der Waals surface area contributed by atoms with Crippen LogP contribution in [0.4, 0.5) is 5.82 Å². The summed E-state index contributed by atoms with van der Waals surface area (Å²) in [6.07, 6.45) is 6.51. The molecule has 0 unspecified atom stereocenters. The summed E-state index contributed by atoms with van der Waals surface area (Å²) in [4.78, 5) is 27.2. The van der Waals surface area contributed by atoms with Crippen molar-refractivity contribution >= 4 is 5.82 Å². The Labute approximate surface area is 111 Å². The summed E-state index contributed by atoms with van der Waals surface area (Å²) in [5.74, 6) is 0.306. The van der Waals surface area contributed by atoms with Gasteiger partial charge >= 0.3 is 5.69 Å². The van der Waals surface area contributed by atoms with Gasteiger partial charge in [0.25, 0.3) is 5.56 Å². The molecule has 1 fully saturated rings. The standard InChI is InChI=1S/C12H21N5O2/c13-7-4-8-17(9-5-2-1-3-6-9)10-11(18)14-12(19)16-15-10/h9H,1-8,13H2,(H2,14,16,18,19). The molecule has 7 nitrogen and oxygen atoms in total. The van der Waals surface area contributed by atoms with Crippen LogP contribution >= 0.6 is 0 Å². The maximum atomic E-state index is 11.9. The Kier molecular flexibility index (Phi) is 4.73. The van der Waals surface area contributed by atoms with E-state index in [9.17, 15) is 9.59 Å². The second-order valence-electron chi connectivity index (χ2n) is 4.96. The maximum absolute atomic E-state index is 11.9. The van der Waals surface area contributed by atoms with E-state index in [1.807, 2.05) is 4.90 Å². The molecular weight excluding hydrogens is 246 g/mol. The molecule has 0 spiro atoms. The largest absolute Gasteiger partial charge is 0.348 e. The molecule has 2 rings (SSSR count). The number of hydrogen-bond acceptors (Lipinski definition) is 5. The van der Waals surface area contributed by atoms with Crippen LogP contribution in [0.25, 0.3) is 0 Å². The zero-order valence-electron chi connectivity index (χ0n) is 11.0. The van der Waals surface area contributed by atoms with Crippen LogP contribution in [0, 0.1) is 0 Å². The molecule has 0 aromatic carbocycles. The molecule has 0 radical (unpaired) electrons. The van der Waals surface area contributed by atoms with Crippen LogP contribution in [-0.2, 0) is 0 Å². The molecule has 4 N–H and O–H groups in total. The summed E-state index contributed by atoms with van der Waals surface area (Å²) in [6.45, 7) is 1.27. The Morgan fingerprint density at radius 1 is 1.26 bits per heavy atom. The van der Waals surface area contributed by atoms with Gasteiger partial charge in [-0.25, -0.2) is 9.89 Å². The average molecular weight is 267 g/mol. The van der Waals surface area contributed by atoms with Gasteiger partial charge in [0.15, 0.2) is 0 Å². The van der Waals surface area contributed by atoms with Gasteiger partial charge in [-0.3, -0.25) is 9.78 Å². The van der Waals surface area contributed by atoms with Gasteiger partial charge in [-0.15, -0.1) is 5.10 Å². The molecule has 0 aliphatic heterocycles. The lowest BCUT2D eigenvalue weighted by molar-refractivity contribution is 0.409. The van der Waals surface area contributed by atoms with E-state index < -0.39 is 11.2 Å². The molecule has 0 bridgehead atoms. The van der Waals surface area contributed by atoms with Gasteiger partial charge in [0, 0.05) is 12.6 Å². The van der Waals surface area contributed by atoms with Crippen molar-refractivity contribution in [3.8, 4) is 0 Å². The molecule has 1 saturated carbocycles. The number of nitrogens with two attached hydrogens (primary N) is 1. The van der Waals surface area contributed by atoms with Crippen molar-refractivity contribution in [2.24, 2.45) is 5.73 Å². The first-order valence-electron chi connectivity index (χ1n) is 6.88. The molecule has 1 aromatic heterocycles. The number of rotatable bonds is 5. The molecule has 106 valence electrons. The second kappa shape index (κ2) is 6.51. The third-order valence-corrected chi connectivity index (χ3v) is 3.58. The Hall–Kier alpha value is -1.63. The van der Waals surface area contributed by atoms with Crippen LogP contribution in [-0.4, -0.2) is 34.3 Å². The van der Waals surface area contributed by atoms with Crippen molar-refractivity contribution in [2.45, 2.75) is 44.6 Å². The number of aromatic amines is 2. The summed E-state index contributed by atoms with van der Waals surface area (Å²) in [5, 5.41) is 6.21. The lowest BCUT2D eigenvalue weighted by Crippen LogP contribution is -2.43. The Morgan fingerprint density at radius 2 is 2.00 bits per heavy atom. The van der Waals surface area contributed by atoms with Crippen LogP contribution in [0.5, 0.6) is 0 Å². The van der Waals surface area contributed by atoms with Crippen molar-refractivity contribution < 1.29 is 0 Å². The van der Waals surface area contributed by atoms with Crippen LogP contribution in [0.1, 0.15) is 38.5 Å². The minimum atomic E-state index is -0.573. The summed E-state index contributed by atoms with van der Waals surface area (Å²) in [6, 6.07) is 0.319. The van der Waals surface area contributed by atoms with E-state index in [1.165, 1.54) is 19.3 Å². The number of anilines is 1. The Bertz CT molecular complexity index is 503. The topological polar surface area (TPSA) is 108 Å². The molecule has 1 aromatic rings. The molecule has 7 heteroatoms. The van der Waals surface area contributed by atoms with E-state index in [0.29, 0.717) is 24.9 Å². The number of nitrogens with one attached hydrogen (secondary N) is 2. The van der Waals surface area contributed by atoms with Gasteiger partial charge in [-0.05, 0) is 25.8 Å². The Morgan fingerprint density at radius 3 is 2.63 bits per heavy atom. The third kappa shape index (κ3) is 3.44. The fraction of sp³-hybridized carbons (Fsp3) is 0.750. The van der Waals surface area contributed by atoms with Crippen molar-refractivity contribution in [2.75, 3.05) is 18.0 Å².